The van der Waals surface area contributed by atoms with Crippen molar-refractivity contribution in [3.05, 3.63) is 19.4 Å². The van der Waals surface area contributed by atoms with Gasteiger partial charge in [0.1, 0.15) is 0 Å². The van der Waals surface area contributed by atoms with E-state index < -0.39 is 0 Å². The predicted octanol–water partition coefficient (Wildman–Crippen LogP) is 3.33. The molecule has 1 aromatic heterocycles. The molecule has 0 aromatic carbocycles. The maximum atomic E-state index is 12.4. The van der Waals surface area contributed by atoms with Crippen LogP contribution in [-0.4, -0.2) is 29.9 Å². The Morgan fingerprint density at radius 3 is 2.95 bits per heavy atom. The normalized spacial score (nSPS) is 23.7. The van der Waals surface area contributed by atoms with E-state index >= 15 is 0 Å². The maximum Gasteiger partial charge on any atom is 0.239 e. The van der Waals surface area contributed by atoms with Crippen molar-refractivity contribution < 1.29 is 4.79 Å². The highest BCUT2D eigenvalue weighted by atomic mass is 127. The van der Waals surface area contributed by atoms with Crippen LogP contribution in [0.5, 0.6) is 0 Å². The predicted molar refractivity (Wildman–Crippen MR) is 91.1 cm³/mol. The third-order valence-corrected chi connectivity index (χ3v) is 6.29. The van der Waals surface area contributed by atoms with Gasteiger partial charge in [0.2, 0.25) is 5.91 Å². The number of hydrogen-bond acceptors (Lipinski definition) is 3. The summed E-state index contributed by atoms with van der Waals surface area (Å²) in [4.78, 5) is 15.9. The second-order valence-corrected chi connectivity index (χ2v) is 8.83. The molecule has 1 fully saturated rings. The smallest absolute Gasteiger partial charge is 0.239 e. The fourth-order valence-corrected chi connectivity index (χ4v) is 5.40. The third kappa shape index (κ3) is 3.04. The molecule has 2 heterocycles. The van der Waals surface area contributed by atoms with Gasteiger partial charge in [-0.05, 0) is 73.2 Å². The minimum atomic E-state index is -0.0680. The van der Waals surface area contributed by atoms with Crippen molar-refractivity contribution in [2.45, 2.75) is 51.1 Å². The van der Waals surface area contributed by atoms with Crippen molar-refractivity contribution in [3.8, 4) is 0 Å². The fourth-order valence-electron chi connectivity index (χ4n) is 3.28. The first-order valence-electron chi connectivity index (χ1n) is 7.48. The highest BCUT2D eigenvalue weighted by Crippen LogP contribution is 2.36. The average Bonchev–Trinajstić information content (AvgIpc) is 3.06. The first-order valence-corrected chi connectivity index (χ1v) is 9.37. The Morgan fingerprint density at radius 1 is 1.45 bits per heavy atom. The van der Waals surface area contributed by atoms with E-state index in [1.807, 2.05) is 23.2 Å². The first kappa shape index (κ1) is 14.8. The quantitative estimate of drug-likeness (QED) is 0.784. The van der Waals surface area contributed by atoms with Crippen molar-refractivity contribution >= 4 is 39.8 Å². The van der Waals surface area contributed by atoms with Gasteiger partial charge in [0.15, 0.2) is 0 Å². The van der Waals surface area contributed by atoms with E-state index in [4.69, 9.17) is 0 Å². The molecule has 1 aliphatic heterocycles. The van der Waals surface area contributed by atoms with E-state index in [1.54, 1.807) is 0 Å². The molecule has 2 atom stereocenters. The molecule has 3 nitrogen and oxygen atoms in total. The molecule has 1 aromatic rings. The van der Waals surface area contributed by atoms with Crippen molar-refractivity contribution in [2.75, 3.05) is 13.1 Å². The fraction of sp³-hybridized carbons (Fsp3) is 0.667. The van der Waals surface area contributed by atoms with Crippen molar-refractivity contribution in [1.29, 1.82) is 0 Å². The molecule has 5 heteroatoms. The first-order chi connectivity index (χ1) is 9.65. The number of rotatable bonds is 3. The van der Waals surface area contributed by atoms with E-state index in [0.29, 0.717) is 6.04 Å². The number of carbonyl (C=O) groups excluding carboxylic acids is 1. The van der Waals surface area contributed by atoms with Crippen molar-refractivity contribution in [2.24, 2.45) is 0 Å². The summed E-state index contributed by atoms with van der Waals surface area (Å²) in [6.07, 6.45) is 5.91. The van der Waals surface area contributed by atoms with E-state index in [1.165, 1.54) is 26.2 Å². The zero-order chi connectivity index (χ0) is 14.1. The molecule has 0 radical (unpaired) electrons. The van der Waals surface area contributed by atoms with Crippen LogP contribution in [0.15, 0.2) is 6.07 Å². The zero-order valence-corrected chi connectivity index (χ0v) is 14.8. The lowest BCUT2D eigenvalue weighted by molar-refractivity contribution is -0.132. The molecule has 1 amide bonds. The van der Waals surface area contributed by atoms with Gasteiger partial charge in [-0.3, -0.25) is 10.1 Å². The molecule has 1 N–H and O–H groups in total. The average molecular weight is 404 g/mol. The van der Waals surface area contributed by atoms with Gasteiger partial charge in [-0.1, -0.05) is 0 Å². The Morgan fingerprint density at radius 2 is 2.20 bits per heavy atom. The lowest BCUT2D eigenvalue weighted by atomic mass is 9.93. The number of amides is 1. The Hall–Kier alpha value is -0.140. The minimum absolute atomic E-state index is 0.0680. The van der Waals surface area contributed by atoms with Gasteiger partial charge in [0.05, 0.1) is 8.93 Å². The number of carbonyl (C=O) groups is 1. The summed E-state index contributed by atoms with van der Waals surface area (Å²) in [5.74, 6) is 0.277. The van der Waals surface area contributed by atoms with Crippen LogP contribution in [0.1, 0.15) is 49.1 Å². The van der Waals surface area contributed by atoms with Crippen LogP contribution in [0.4, 0.5) is 0 Å². The standard InChI is InChI=1S/C15H21IN2OS/c1-10(15(19)18-7-2-3-8-18)17-12-5-4-6-13-11(12)9-14(16)20-13/h9-10,12,17H,2-8H2,1H3. The Balaban J connectivity index is 1.67. The molecule has 0 saturated carbocycles. The second kappa shape index (κ2) is 6.32. The molecular formula is C15H21IN2OS. The van der Waals surface area contributed by atoms with Crippen LogP contribution < -0.4 is 5.32 Å². The number of likely N-dealkylation sites (tertiary alicyclic amines) is 1. The summed E-state index contributed by atoms with van der Waals surface area (Å²) >= 11 is 4.31. The van der Waals surface area contributed by atoms with Gasteiger partial charge in [-0.25, -0.2) is 0 Å². The number of hydrogen-bond donors (Lipinski definition) is 1. The van der Waals surface area contributed by atoms with Crippen molar-refractivity contribution in [3.63, 3.8) is 0 Å². The largest absolute Gasteiger partial charge is 0.341 e. The molecule has 1 saturated heterocycles. The van der Waals surface area contributed by atoms with Crippen molar-refractivity contribution in [1.82, 2.24) is 10.2 Å². The molecule has 1 aliphatic carbocycles. The Kier molecular flexibility index (Phi) is 4.67. The number of thiophene rings is 1. The summed E-state index contributed by atoms with van der Waals surface area (Å²) < 4.78 is 1.36. The number of nitrogens with zero attached hydrogens (tertiary/aromatic N) is 1. The lowest BCUT2D eigenvalue weighted by Crippen LogP contribution is -2.45. The van der Waals surface area contributed by atoms with Crippen LogP contribution in [0.3, 0.4) is 0 Å². The maximum absolute atomic E-state index is 12.4. The van der Waals surface area contributed by atoms with Crippen LogP contribution in [0.25, 0.3) is 0 Å². The molecule has 0 spiro atoms. The number of fused-ring (bicyclic) bond motifs is 1. The van der Waals surface area contributed by atoms with Crippen LogP contribution in [-0.2, 0) is 11.2 Å². The summed E-state index contributed by atoms with van der Waals surface area (Å²) in [6, 6.07) is 2.59. The summed E-state index contributed by atoms with van der Waals surface area (Å²) in [6.45, 7) is 3.90. The molecule has 2 aliphatic rings. The Labute approximate surface area is 138 Å². The number of aryl methyl sites for hydroxylation is 1. The molecule has 3 rings (SSSR count). The molecule has 0 bridgehead atoms. The van der Waals surface area contributed by atoms with Gasteiger partial charge < -0.3 is 4.90 Å². The van der Waals surface area contributed by atoms with Gasteiger partial charge in [0, 0.05) is 24.0 Å². The minimum Gasteiger partial charge on any atom is -0.341 e. The highest BCUT2D eigenvalue weighted by Gasteiger charge is 2.28. The van der Waals surface area contributed by atoms with Gasteiger partial charge in [0.25, 0.3) is 0 Å². The van der Waals surface area contributed by atoms with Gasteiger partial charge >= 0.3 is 0 Å². The van der Waals surface area contributed by atoms with Gasteiger partial charge in [-0.2, -0.15) is 0 Å². The monoisotopic (exact) mass is 404 g/mol. The highest BCUT2D eigenvalue weighted by molar-refractivity contribution is 14.1. The van der Waals surface area contributed by atoms with Crippen LogP contribution in [0.2, 0.25) is 0 Å². The number of nitrogens with one attached hydrogen (secondary N) is 1. The second-order valence-electron chi connectivity index (χ2n) is 5.79. The van der Waals surface area contributed by atoms with Crippen LogP contribution in [0, 0.1) is 2.88 Å². The third-order valence-electron chi connectivity index (χ3n) is 4.32. The SMILES string of the molecule is CC(NC1CCCc2sc(I)cc21)C(=O)N1CCCC1. The topological polar surface area (TPSA) is 32.3 Å². The molecule has 110 valence electrons. The Bertz CT molecular complexity index is 496. The number of halogens is 1. The van der Waals surface area contributed by atoms with E-state index in [0.717, 1.165) is 32.4 Å². The van der Waals surface area contributed by atoms with Gasteiger partial charge in [-0.15, -0.1) is 11.3 Å². The van der Waals surface area contributed by atoms with E-state index in [2.05, 4.69) is 34.0 Å². The van der Waals surface area contributed by atoms with E-state index in [9.17, 15) is 4.79 Å². The zero-order valence-electron chi connectivity index (χ0n) is 11.8. The van der Waals surface area contributed by atoms with Crippen LogP contribution >= 0.6 is 33.9 Å². The molecular weight excluding hydrogens is 383 g/mol. The van der Waals surface area contributed by atoms with E-state index in [-0.39, 0.29) is 11.9 Å². The summed E-state index contributed by atoms with van der Waals surface area (Å²) in [7, 11) is 0. The summed E-state index contributed by atoms with van der Waals surface area (Å²) in [5, 5.41) is 3.58. The molecule has 20 heavy (non-hydrogen) atoms. The molecule has 2 unspecified atom stereocenters. The summed E-state index contributed by atoms with van der Waals surface area (Å²) in [5.41, 5.74) is 1.44. The lowest BCUT2D eigenvalue weighted by Gasteiger charge is -2.28.